The highest BCUT2D eigenvalue weighted by atomic mass is 32.2. The molecule has 30 heavy (non-hydrogen) atoms. The molecule has 1 N–H and O–H groups in total. The van der Waals surface area contributed by atoms with E-state index in [0.717, 1.165) is 19.5 Å². The molecular formula is C21H21FN2O5S. The van der Waals surface area contributed by atoms with E-state index in [1.807, 2.05) is 9.62 Å². The summed E-state index contributed by atoms with van der Waals surface area (Å²) in [5, 5.41) is 0.116. The Morgan fingerprint density at radius 1 is 1.20 bits per heavy atom. The van der Waals surface area contributed by atoms with Gasteiger partial charge in [-0.15, -0.1) is 0 Å². The molecular weight excluding hydrogens is 411 g/mol. The average molecular weight is 432 g/mol. The number of nitrogens with one attached hydrogen (secondary N) is 1. The zero-order valence-electron chi connectivity index (χ0n) is 16.5. The van der Waals surface area contributed by atoms with E-state index in [1.165, 1.54) is 30.3 Å². The first-order valence-electron chi connectivity index (χ1n) is 9.55. The predicted octanol–water partition coefficient (Wildman–Crippen LogP) is 3.69. The molecule has 2 aromatic carbocycles. The third-order valence-corrected chi connectivity index (χ3v) is 6.12. The van der Waals surface area contributed by atoms with Crippen molar-refractivity contribution in [1.29, 1.82) is 0 Å². The van der Waals surface area contributed by atoms with Crippen LogP contribution < -0.4 is 14.4 Å². The summed E-state index contributed by atoms with van der Waals surface area (Å²) in [6, 6.07) is 10.2. The normalized spacial score (nSPS) is 14.1. The number of amides is 1. The first-order valence-corrected chi connectivity index (χ1v) is 11.0. The van der Waals surface area contributed by atoms with E-state index >= 15 is 0 Å². The maximum atomic E-state index is 14.5. The van der Waals surface area contributed by atoms with Gasteiger partial charge in [-0.05, 0) is 38.5 Å². The predicted molar refractivity (Wildman–Crippen MR) is 110 cm³/mol. The number of nitrogens with zero attached hydrogens (tertiary/aromatic N) is 1. The summed E-state index contributed by atoms with van der Waals surface area (Å²) in [4.78, 5) is 14.4. The summed E-state index contributed by atoms with van der Waals surface area (Å²) in [6.07, 6.45) is 0.779. The van der Waals surface area contributed by atoms with E-state index in [2.05, 4.69) is 0 Å². The third-order valence-electron chi connectivity index (χ3n) is 4.75. The van der Waals surface area contributed by atoms with Crippen LogP contribution in [-0.4, -0.2) is 33.5 Å². The van der Waals surface area contributed by atoms with Crippen molar-refractivity contribution in [2.24, 2.45) is 0 Å². The van der Waals surface area contributed by atoms with E-state index in [0.29, 0.717) is 5.69 Å². The number of hydrogen-bond donors (Lipinski definition) is 1. The smallest absolute Gasteiger partial charge is 0.300 e. The molecule has 0 radical (unpaired) electrons. The SMILES string of the molecule is CC(C)Oc1ccccc1S(=O)(=O)NC(=O)c1cc2c(F)cc(N3CCC3)cc2o1. The Kier molecular flexibility index (Phi) is 5.15. The number of sulfonamides is 1. The summed E-state index contributed by atoms with van der Waals surface area (Å²) < 4.78 is 52.9. The molecule has 2 heterocycles. The zero-order valence-corrected chi connectivity index (χ0v) is 17.3. The lowest BCUT2D eigenvalue weighted by molar-refractivity contribution is 0.0956. The number of para-hydroxylation sites is 1. The quantitative estimate of drug-likeness (QED) is 0.639. The lowest BCUT2D eigenvalue weighted by Crippen LogP contribution is -2.36. The topological polar surface area (TPSA) is 88.8 Å². The summed E-state index contributed by atoms with van der Waals surface area (Å²) in [5.74, 6) is -1.69. The van der Waals surface area contributed by atoms with Gasteiger partial charge in [0.2, 0.25) is 0 Å². The van der Waals surface area contributed by atoms with Crippen LogP contribution in [0.2, 0.25) is 0 Å². The first kappa shape index (κ1) is 20.2. The molecule has 158 valence electrons. The molecule has 0 saturated carbocycles. The van der Waals surface area contributed by atoms with Crippen molar-refractivity contribution in [3.05, 3.63) is 54.0 Å². The van der Waals surface area contributed by atoms with Gasteiger partial charge in [0, 0.05) is 30.9 Å². The summed E-state index contributed by atoms with van der Waals surface area (Å²) in [5.41, 5.74) is 0.850. The molecule has 1 aromatic heterocycles. The Hall–Kier alpha value is -3.07. The van der Waals surface area contributed by atoms with Gasteiger partial charge in [-0.3, -0.25) is 4.79 Å². The number of carbonyl (C=O) groups is 1. The highest BCUT2D eigenvalue weighted by Gasteiger charge is 2.26. The van der Waals surface area contributed by atoms with E-state index in [1.54, 1.807) is 26.0 Å². The van der Waals surface area contributed by atoms with Crippen LogP contribution in [0, 0.1) is 5.82 Å². The second-order valence-corrected chi connectivity index (χ2v) is 8.99. The Morgan fingerprint density at radius 3 is 2.60 bits per heavy atom. The highest BCUT2D eigenvalue weighted by Crippen LogP contribution is 2.30. The fourth-order valence-corrected chi connectivity index (χ4v) is 4.30. The highest BCUT2D eigenvalue weighted by molar-refractivity contribution is 7.90. The molecule has 4 rings (SSSR count). The number of rotatable bonds is 6. The lowest BCUT2D eigenvalue weighted by Gasteiger charge is -2.33. The molecule has 0 unspecified atom stereocenters. The number of carbonyl (C=O) groups excluding carboxylic acids is 1. The fourth-order valence-electron chi connectivity index (χ4n) is 3.20. The molecule has 1 fully saturated rings. The van der Waals surface area contributed by atoms with Crippen LogP contribution in [0.25, 0.3) is 11.0 Å². The molecule has 1 aliphatic rings. The first-order chi connectivity index (χ1) is 14.2. The van der Waals surface area contributed by atoms with Gasteiger partial charge in [-0.1, -0.05) is 12.1 Å². The van der Waals surface area contributed by atoms with Crippen molar-refractivity contribution in [2.75, 3.05) is 18.0 Å². The number of hydrogen-bond acceptors (Lipinski definition) is 6. The molecule has 1 saturated heterocycles. The number of fused-ring (bicyclic) bond motifs is 1. The Morgan fingerprint density at radius 2 is 1.93 bits per heavy atom. The zero-order chi connectivity index (χ0) is 21.5. The van der Waals surface area contributed by atoms with Gasteiger partial charge in [0.1, 0.15) is 22.0 Å². The number of halogens is 1. The van der Waals surface area contributed by atoms with E-state index in [9.17, 15) is 17.6 Å². The lowest BCUT2D eigenvalue weighted by atomic mass is 10.1. The van der Waals surface area contributed by atoms with Crippen molar-refractivity contribution < 1.29 is 26.8 Å². The van der Waals surface area contributed by atoms with Crippen molar-refractivity contribution in [3.8, 4) is 5.75 Å². The minimum absolute atomic E-state index is 0.116. The van der Waals surface area contributed by atoms with Crippen LogP contribution in [0.4, 0.5) is 10.1 Å². The number of anilines is 1. The van der Waals surface area contributed by atoms with Gasteiger partial charge in [-0.25, -0.2) is 17.5 Å². The number of furan rings is 1. The fraction of sp³-hybridized carbons (Fsp3) is 0.286. The van der Waals surface area contributed by atoms with Crippen LogP contribution in [0.3, 0.4) is 0 Å². The maximum absolute atomic E-state index is 14.5. The van der Waals surface area contributed by atoms with Gasteiger partial charge >= 0.3 is 5.91 Å². The molecule has 3 aromatic rings. The Balaban J connectivity index is 1.62. The molecule has 0 spiro atoms. The van der Waals surface area contributed by atoms with Crippen molar-refractivity contribution in [2.45, 2.75) is 31.3 Å². The van der Waals surface area contributed by atoms with Gasteiger partial charge in [0.05, 0.1) is 11.5 Å². The molecule has 0 aliphatic carbocycles. The van der Waals surface area contributed by atoms with E-state index in [-0.39, 0.29) is 33.5 Å². The molecule has 0 atom stereocenters. The Labute approximate surface area is 173 Å². The van der Waals surface area contributed by atoms with Crippen molar-refractivity contribution >= 4 is 32.6 Å². The van der Waals surface area contributed by atoms with Gasteiger partial charge in [0.25, 0.3) is 10.0 Å². The third kappa shape index (κ3) is 3.85. The molecule has 7 nitrogen and oxygen atoms in total. The average Bonchev–Trinajstić information content (AvgIpc) is 3.05. The van der Waals surface area contributed by atoms with E-state index in [4.69, 9.17) is 9.15 Å². The summed E-state index contributed by atoms with van der Waals surface area (Å²) >= 11 is 0. The van der Waals surface area contributed by atoms with Gasteiger partial charge in [-0.2, -0.15) is 0 Å². The largest absolute Gasteiger partial charge is 0.490 e. The second kappa shape index (κ2) is 7.64. The van der Waals surface area contributed by atoms with Gasteiger partial charge in [0.15, 0.2) is 5.76 Å². The van der Waals surface area contributed by atoms with Crippen molar-refractivity contribution in [1.82, 2.24) is 4.72 Å². The van der Waals surface area contributed by atoms with Gasteiger partial charge < -0.3 is 14.1 Å². The molecule has 0 bridgehead atoms. The van der Waals surface area contributed by atoms with Crippen molar-refractivity contribution in [3.63, 3.8) is 0 Å². The van der Waals surface area contributed by atoms with Crippen LogP contribution in [-0.2, 0) is 10.0 Å². The van der Waals surface area contributed by atoms with E-state index < -0.39 is 21.7 Å². The molecule has 1 aliphatic heterocycles. The molecule has 1 amide bonds. The second-order valence-electron chi connectivity index (χ2n) is 7.34. The molecule has 9 heteroatoms. The number of benzene rings is 2. The maximum Gasteiger partial charge on any atom is 0.300 e. The minimum atomic E-state index is -4.23. The minimum Gasteiger partial charge on any atom is -0.490 e. The van der Waals surface area contributed by atoms with Crippen LogP contribution >= 0.6 is 0 Å². The summed E-state index contributed by atoms with van der Waals surface area (Å²) in [6.45, 7) is 5.18. The monoisotopic (exact) mass is 432 g/mol. The standard InChI is InChI=1S/C21H21FN2O5S/c1-13(2)28-17-6-3-4-7-20(17)30(26,27)23-21(25)19-12-15-16(22)10-14(11-18(15)29-19)24-8-5-9-24/h3-4,6-7,10-13H,5,8-9H2,1-2H3,(H,23,25). The Bertz CT molecular complexity index is 1220. The summed E-state index contributed by atoms with van der Waals surface area (Å²) in [7, 11) is -4.23. The van der Waals surface area contributed by atoms with Crippen LogP contribution in [0.15, 0.2) is 51.8 Å². The van der Waals surface area contributed by atoms with Crippen LogP contribution in [0.5, 0.6) is 5.75 Å². The number of ether oxygens (including phenoxy) is 1. The van der Waals surface area contributed by atoms with Crippen LogP contribution in [0.1, 0.15) is 30.8 Å².